The van der Waals surface area contributed by atoms with Crippen molar-refractivity contribution in [2.75, 3.05) is 23.7 Å². The highest BCUT2D eigenvalue weighted by molar-refractivity contribution is 5.81. The molecule has 0 spiro atoms. The Hall–Kier alpha value is -1.71. The van der Waals surface area contributed by atoms with Crippen LogP contribution in [-0.4, -0.2) is 19.0 Å². The van der Waals surface area contributed by atoms with Gasteiger partial charge in [-0.15, -0.1) is 0 Å². The first-order valence-electron chi connectivity index (χ1n) is 5.00. The molecule has 0 unspecified atom stereocenters. The maximum Gasteiger partial charge on any atom is 0.236 e. The molecule has 0 aliphatic carbocycles. The number of hydrogen-bond donors (Lipinski definition) is 2. The second-order valence-corrected chi connectivity index (χ2v) is 3.98. The van der Waals surface area contributed by atoms with E-state index in [0.717, 1.165) is 29.9 Å². The van der Waals surface area contributed by atoms with Crippen molar-refractivity contribution in [2.24, 2.45) is 5.73 Å². The van der Waals surface area contributed by atoms with Crippen molar-refractivity contribution >= 4 is 17.3 Å². The molecule has 4 heteroatoms. The number of amides is 1. The summed E-state index contributed by atoms with van der Waals surface area (Å²) in [6, 6.07) is 4.02. The van der Waals surface area contributed by atoms with Gasteiger partial charge in [-0.3, -0.25) is 4.79 Å². The molecule has 0 saturated heterocycles. The standard InChI is InChI=1S/C11H15N3O/c1-7-4-8-2-3-14(6-11(13)15)10(8)5-9(7)12/h4-5H,2-3,6,12H2,1H3,(H2,13,15). The van der Waals surface area contributed by atoms with Crippen LogP contribution in [-0.2, 0) is 11.2 Å². The number of fused-ring (bicyclic) bond motifs is 1. The van der Waals surface area contributed by atoms with Gasteiger partial charge in [-0.2, -0.15) is 0 Å². The van der Waals surface area contributed by atoms with Gasteiger partial charge in [0.05, 0.1) is 6.54 Å². The fourth-order valence-electron chi connectivity index (χ4n) is 2.00. The lowest BCUT2D eigenvalue weighted by Crippen LogP contribution is -2.32. The third-order valence-corrected chi connectivity index (χ3v) is 2.81. The Bertz CT molecular complexity index is 415. The lowest BCUT2D eigenvalue weighted by Gasteiger charge is -2.17. The molecule has 80 valence electrons. The maximum atomic E-state index is 10.9. The van der Waals surface area contributed by atoms with Crippen molar-refractivity contribution in [3.63, 3.8) is 0 Å². The van der Waals surface area contributed by atoms with Crippen LogP contribution in [0.25, 0.3) is 0 Å². The molecule has 4 N–H and O–H groups in total. The summed E-state index contributed by atoms with van der Waals surface area (Å²) < 4.78 is 0. The molecule has 0 bridgehead atoms. The van der Waals surface area contributed by atoms with E-state index in [1.807, 2.05) is 17.9 Å². The predicted octanol–water partition coefficient (Wildman–Crippen LogP) is 0.425. The molecule has 0 aromatic heterocycles. The van der Waals surface area contributed by atoms with Crippen molar-refractivity contribution in [1.82, 2.24) is 0 Å². The van der Waals surface area contributed by atoms with Crippen LogP contribution in [0.2, 0.25) is 0 Å². The van der Waals surface area contributed by atoms with Crippen LogP contribution in [0.3, 0.4) is 0 Å². The van der Waals surface area contributed by atoms with E-state index < -0.39 is 0 Å². The van der Waals surface area contributed by atoms with E-state index in [1.165, 1.54) is 5.56 Å². The number of carbonyl (C=O) groups is 1. The smallest absolute Gasteiger partial charge is 0.236 e. The average molecular weight is 205 g/mol. The van der Waals surface area contributed by atoms with Crippen LogP contribution in [0.4, 0.5) is 11.4 Å². The van der Waals surface area contributed by atoms with Gasteiger partial charge in [0, 0.05) is 17.9 Å². The number of primary amides is 1. The van der Waals surface area contributed by atoms with Crippen LogP contribution >= 0.6 is 0 Å². The minimum Gasteiger partial charge on any atom is -0.398 e. The number of rotatable bonds is 2. The predicted molar refractivity (Wildman–Crippen MR) is 60.7 cm³/mol. The van der Waals surface area contributed by atoms with Crippen LogP contribution < -0.4 is 16.4 Å². The Morgan fingerprint density at radius 1 is 1.53 bits per heavy atom. The van der Waals surface area contributed by atoms with Gasteiger partial charge in [-0.1, -0.05) is 6.07 Å². The van der Waals surface area contributed by atoms with Crippen molar-refractivity contribution < 1.29 is 4.79 Å². The number of anilines is 2. The van der Waals surface area contributed by atoms with Gasteiger partial charge >= 0.3 is 0 Å². The molecule has 1 aliphatic heterocycles. The number of nitrogen functional groups attached to an aromatic ring is 1. The van der Waals surface area contributed by atoms with Crippen LogP contribution in [0.5, 0.6) is 0 Å². The highest BCUT2D eigenvalue weighted by Gasteiger charge is 2.20. The molecule has 1 aromatic carbocycles. The minimum atomic E-state index is -0.304. The quantitative estimate of drug-likeness (QED) is 0.687. The van der Waals surface area contributed by atoms with Gasteiger partial charge in [0.2, 0.25) is 5.91 Å². The zero-order valence-corrected chi connectivity index (χ0v) is 8.79. The minimum absolute atomic E-state index is 0.273. The molecule has 1 aliphatic rings. The molecule has 4 nitrogen and oxygen atoms in total. The molecule has 0 radical (unpaired) electrons. The Kier molecular flexibility index (Phi) is 2.26. The summed E-state index contributed by atoms with van der Waals surface area (Å²) in [6.45, 7) is 3.11. The lowest BCUT2D eigenvalue weighted by atomic mass is 10.1. The van der Waals surface area contributed by atoms with Crippen molar-refractivity contribution in [3.05, 3.63) is 23.3 Å². The molecular formula is C11H15N3O. The van der Waals surface area contributed by atoms with Crippen LogP contribution in [0, 0.1) is 6.92 Å². The van der Waals surface area contributed by atoms with Crippen molar-refractivity contribution in [3.8, 4) is 0 Å². The van der Waals surface area contributed by atoms with Gasteiger partial charge < -0.3 is 16.4 Å². The van der Waals surface area contributed by atoms with E-state index in [1.54, 1.807) is 0 Å². The summed E-state index contributed by atoms with van der Waals surface area (Å²) in [7, 11) is 0. The summed E-state index contributed by atoms with van der Waals surface area (Å²) in [5.74, 6) is -0.304. The number of benzene rings is 1. The normalized spacial score (nSPS) is 14.1. The summed E-state index contributed by atoms with van der Waals surface area (Å²) in [6.07, 6.45) is 0.962. The van der Waals surface area contributed by atoms with E-state index in [-0.39, 0.29) is 12.5 Å². The molecular weight excluding hydrogens is 190 g/mol. The third kappa shape index (κ3) is 1.75. The van der Waals surface area contributed by atoms with Gasteiger partial charge in [0.1, 0.15) is 0 Å². The number of carbonyl (C=O) groups excluding carboxylic acids is 1. The summed E-state index contributed by atoms with van der Waals surface area (Å²) >= 11 is 0. The highest BCUT2D eigenvalue weighted by Crippen LogP contribution is 2.31. The molecule has 2 rings (SSSR count). The first-order chi connectivity index (χ1) is 7.08. The molecule has 0 saturated carbocycles. The zero-order valence-electron chi connectivity index (χ0n) is 8.79. The second-order valence-electron chi connectivity index (χ2n) is 3.98. The largest absolute Gasteiger partial charge is 0.398 e. The molecule has 1 heterocycles. The summed E-state index contributed by atoms with van der Waals surface area (Å²) in [4.78, 5) is 12.8. The van der Waals surface area contributed by atoms with Crippen molar-refractivity contribution in [1.29, 1.82) is 0 Å². The SMILES string of the molecule is Cc1cc2c(cc1N)N(CC(N)=O)CC2. The van der Waals surface area contributed by atoms with Crippen LogP contribution in [0.1, 0.15) is 11.1 Å². The van der Waals surface area contributed by atoms with Gasteiger partial charge in [-0.25, -0.2) is 0 Å². The number of hydrogen-bond acceptors (Lipinski definition) is 3. The third-order valence-electron chi connectivity index (χ3n) is 2.81. The first kappa shape index (κ1) is 9.83. The Balaban J connectivity index is 2.34. The molecule has 0 atom stereocenters. The van der Waals surface area contributed by atoms with Crippen molar-refractivity contribution in [2.45, 2.75) is 13.3 Å². The van der Waals surface area contributed by atoms with E-state index in [0.29, 0.717) is 0 Å². The number of aryl methyl sites for hydroxylation is 1. The molecule has 1 amide bonds. The lowest BCUT2D eigenvalue weighted by molar-refractivity contribution is -0.116. The van der Waals surface area contributed by atoms with Crippen LogP contribution in [0.15, 0.2) is 12.1 Å². The summed E-state index contributed by atoms with van der Waals surface area (Å²) in [5, 5.41) is 0. The first-order valence-corrected chi connectivity index (χ1v) is 5.00. The van der Waals surface area contributed by atoms with Gasteiger partial charge in [0.25, 0.3) is 0 Å². The second kappa shape index (κ2) is 3.46. The maximum absolute atomic E-state index is 10.9. The fourth-order valence-corrected chi connectivity index (χ4v) is 2.00. The zero-order chi connectivity index (χ0) is 11.0. The van der Waals surface area contributed by atoms with Gasteiger partial charge in [-0.05, 0) is 30.5 Å². The van der Waals surface area contributed by atoms with E-state index >= 15 is 0 Å². The number of nitrogens with zero attached hydrogens (tertiary/aromatic N) is 1. The Morgan fingerprint density at radius 2 is 2.27 bits per heavy atom. The number of nitrogens with two attached hydrogens (primary N) is 2. The average Bonchev–Trinajstić information content (AvgIpc) is 2.49. The van der Waals surface area contributed by atoms with E-state index in [2.05, 4.69) is 6.07 Å². The molecule has 15 heavy (non-hydrogen) atoms. The topological polar surface area (TPSA) is 72.3 Å². The summed E-state index contributed by atoms with van der Waals surface area (Å²) in [5.41, 5.74) is 15.2. The highest BCUT2D eigenvalue weighted by atomic mass is 16.1. The molecule has 1 aromatic rings. The van der Waals surface area contributed by atoms with E-state index in [4.69, 9.17) is 11.5 Å². The fraction of sp³-hybridized carbons (Fsp3) is 0.364. The van der Waals surface area contributed by atoms with E-state index in [9.17, 15) is 4.79 Å². The molecule has 0 fully saturated rings. The Morgan fingerprint density at radius 3 is 2.93 bits per heavy atom. The van der Waals surface area contributed by atoms with Gasteiger partial charge in [0.15, 0.2) is 0 Å². The monoisotopic (exact) mass is 205 g/mol. The Labute approximate surface area is 88.9 Å².